The average molecular weight is 225 g/mol. The molecular weight excluding hydrogens is 198 g/mol. The fourth-order valence-corrected chi connectivity index (χ4v) is 3.85. The van der Waals surface area contributed by atoms with Gasteiger partial charge in [0.25, 0.3) is 0 Å². The smallest absolute Gasteiger partial charge is 0.0494 e. The number of nitrogens with zero attached hydrogens (tertiary/aromatic N) is 1. The molecule has 2 heteroatoms. The van der Waals surface area contributed by atoms with Crippen molar-refractivity contribution in [3.63, 3.8) is 0 Å². The molecule has 2 nitrogen and oxygen atoms in total. The largest absolute Gasteiger partial charge is 0.396 e. The van der Waals surface area contributed by atoms with Gasteiger partial charge in [0, 0.05) is 25.1 Å². The molecule has 1 N–H and O–H groups in total. The summed E-state index contributed by atoms with van der Waals surface area (Å²) in [5, 5.41) is 9.28. The SMILES string of the molecule is CN(CC1CC2CCC1C2)CC(C)(C)CO. The quantitative estimate of drug-likeness (QED) is 0.776. The lowest BCUT2D eigenvalue weighted by Crippen LogP contribution is -2.37. The van der Waals surface area contributed by atoms with Crippen molar-refractivity contribution < 1.29 is 5.11 Å². The van der Waals surface area contributed by atoms with Gasteiger partial charge in [-0.25, -0.2) is 0 Å². The molecule has 2 saturated carbocycles. The molecule has 0 saturated heterocycles. The molecule has 2 bridgehead atoms. The Morgan fingerprint density at radius 2 is 2.00 bits per heavy atom. The zero-order chi connectivity index (χ0) is 11.8. The number of rotatable bonds is 5. The van der Waals surface area contributed by atoms with Crippen LogP contribution in [0.4, 0.5) is 0 Å². The first kappa shape index (κ1) is 12.4. The first-order valence-electron chi connectivity index (χ1n) is 6.79. The molecule has 0 aromatic rings. The lowest BCUT2D eigenvalue weighted by atomic mass is 9.87. The Bertz CT molecular complexity index is 239. The van der Waals surface area contributed by atoms with Gasteiger partial charge in [-0.05, 0) is 44.1 Å². The summed E-state index contributed by atoms with van der Waals surface area (Å²) >= 11 is 0. The summed E-state index contributed by atoms with van der Waals surface area (Å²) in [5.41, 5.74) is 0.0480. The summed E-state index contributed by atoms with van der Waals surface area (Å²) in [6.07, 6.45) is 5.94. The molecule has 2 fully saturated rings. The minimum absolute atomic E-state index is 0.0480. The summed E-state index contributed by atoms with van der Waals surface area (Å²) < 4.78 is 0. The standard InChI is InChI=1S/C14H27NO/c1-14(2,10-16)9-15(3)8-13-7-11-4-5-12(13)6-11/h11-13,16H,4-10H2,1-3H3. The average Bonchev–Trinajstić information content (AvgIpc) is 2.78. The molecule has 2 rings (SSSR count). The normalized spacial score (nSPS) is 33.9. The van der Waals surface area contributed by atoms with E-state index in [1.54, 1.807) is 0 Å². The molecule has 0 heterocycles. The van der Waals surface area contributed by atoms with Crippen LogP contribution in [-0.4, -0.2) is 36.8 Å². The second-order valence-corrected chi connectivity index (χ2v) is 6.95. The lowest BCUT2D eigenvalue weighted by Gasteiger charge is -2.32. The van der Waals surface area contributed by atoms with Crippen LogP contribution in [0.5, 0.6) is 0 Å². The van der Waals surface area contributed by atoms with Crippen LogP contribution in [0.3, 0.4) is 0 Å². The van der Waals surface area contributed by atoms with E-state index in [1.807, 2.05) is 0 Å². The third kappa shape index (κ3) is 2.78. The van der Waals surface area contributed by atoms with Gasteiger partial charge < -0.3 is 10.0 Å². The van der Waals surface area contributed by atoms with Gasteiger partial charge in [0.2, 0.25) is 0 Å². The van der Waals surface area contributed by atoms with E-state index in [0.717, 1.165) is 24.3 Å². The van der Waals surface area contributed by atoms with Crippen LogP contribution in [0.1, 0.15) is 39.5 Å². The Balaban J connectivity index is 1.77. The molecule has 0 aromatic carbocycles. The number of hydrogen-bond acceptors (Lipinski definition) is 2. The molecule has 0 spiro atoms. The molecule has 3 atom stereocenters. The summed E-state index contributed by atoms with van der Waals surface area (Å²) in [6.45, 7) is 6.82. The molecule has 0 aliphatic heterocycles. The Kier molecular flexibility index (Phi) is 3.60. The molecule has 2 aliphatic rings. The van der Waals surface area contributed by atoms with Gasteiger partial charge in [0.1, 0.15) is 0 Å². The number of hydrogen-bond donors (Lipinski definition) is 1. The fraction of sp³-hybridized carbons (Fsp3) is 1.00. The van der Waals surface area contributed by atoms with E-state index in [4.69, 9.17) is 0 Å². The summed E-state index contributed by atoms with van der Waals surface area (Å²) in [5.74, 6) is 3.01. The Morgan fingerprint density at radius 3 is 2.50 bits per heavy atom. The van der Waals surface area contributed by atoms with Crippen LogP contribution in [0.15, 0.2) is 0 Å². The second kappa shape index (κ2) is 4.66. The molecule has 0 radical (unpaired) electrons. The summed E-state index contributed by atoms with van der Waals surface area (Å²) in [7, 11) is 2.21. The van der Waals surface area contributed by atoms with Crippen LogP contribution in [0, 0.1) is 23.2 Å². The van der Waals surface area contributed by atoms with E-state index >= 15 is 0 Å². The van der Waals surface area contributed by atoms with Crippen molar-refractivity contribution in [1.82, 2.24) is 4.90 Å². The van der Waals surface area contributed by atoms with E-state index in [2.05, 4.69) is 25.8 Å². The first-order valence-corrected chi connectivity index (χ1v) is 6.79. The van der Waals surface area contributed by atoms with Gasteiger partial charge >= 0.3 is 0 Å². The van der Waals surface area contributed by atoms with Gasteiger partial charge in [-0.1, -0.05) is 20.3 Å². The zero-order valence-electron chi connectivity index (χ0n) is 11.1. The Hall–Kier alpha value is -0.0800. The third-order valence-electron chi connectivity index (χ3n) is 4.56. The van der Waals surface area contributed by atoms with Gasteiger partial charge in [0.05, 0.1) is 0 Å². The maximum absolute atomic E-state index is 9.28. The fourth-order valence-electron chi connectivity index (χ4n) is 3.85. The monoisotopic (exact) mass is 225 g/mol. The van der Waals surface area contributed by atoms with Crippen LogP contribution in [0.25, 0.3) is 0 Å². The van der Waals surface area contributed by atoms with Crippen molar-refractivity contribution in [2.45, 2.75) is 39.5 Å². The topological polar surface area (TPSA) is 23.5 Å². The molecule has 2 aliphatic carbocycles. The van der Waals surface area contributed by atoms with E-state index in [-0.39, 0.29) is 12.0 Å². The van der Waals surface area contributed by atoms with E-state index in [1.165, 1.54) is 32.2 Å². The molecule has 0 amide bonds. The predicted molar refractivity (Wildman–Crippen MR) is 67.3 cm³/mol. The first-order chi connectivity index (χ1) is 7.50. The van der Waals surface area contributed by atoms with Crippen LogP contribution in [0.2, 0.25) is 0 Å². The van der Waals surface area contributed by atoms with Crippen molar-refractivity contribution in [1.29, 1.82) is 0 Å². The molecule has 94 valence electrons. The third-order valence-corrected chi connectivity index (χ3v) is 4.56. The van der Waals surface area contributed by atoms with E-state index < -0.39 is 0 Å². The number of aliphatic hydroxyl groups excluding tert-OH is 1. The Labute approximate surface area is 100 Å². The van der Waals surface area contributed by atoms with E-state index in [0.29, 0.717) is 0 Å². The maximum atomic E-state index is 9.28. The van der Waals surface area contributed by atoms with Crippen molar-refractivity contribution in [2.24, 2.45) is 23.2 Å². The second-order valence-electron chi connectivity index (χ2n) is 6.95. The highest BCUT2D eigenvalue weighted by Gasteiger charge is 2.39. The van der Waals surface area contributed by atoms with Crippen molar-refractivity contribution in [3.05, 3.63) is 0 Å². The maximum Gasteiger partial charge on any atom is 0.0494 e. The molecule has 0 aromatic heterocycles. The van der Waals surface area contributed by atoms with Gasteiger partial charge in [-0.2, -0.15) is 0 Å². The zero-order valence-corrected chi connectivity index (χ0v) is 11.1. The highest BCUT2D eigenvalue weighted by atomic mass is 16.3. The minimum Gasteiger partial charge on any atom is -0.396 e. The van der Waals surface area contributed by atoms with Crippen LogP contribution in [-0.2, 0) is 0 Å². The summed E-state index contributed by atoms with van der Waals surface area (Å²) in [4.78, 5) is 2.43. The number of fused-ring (bicyclic) bond motifs is 2. The highest BCUT2D eigenvalue weighted by molar-refractivity contribution is 4.91. The predicted octanol–water partition coefficient (Wildman–Crippen LogP) is 2.37. The molecule has 3 unspecified atom stereocenters. The molecular formula is C14H27NO. The van der Waals surface area contributed by atoms with Gasteiger partial charge in [-0.15, -0.1) is 0 Å². The van der Waals surface area contributed by atoms with Crippen LogP contribution >= 0.6 is 0 Å². The van der Waals surface area contributed by atoms with Crippen molar-refractivity contribution in [3.8, 4) is 0 Å². The van der Waals surface area contributed by atoms with Crippen LogP contribution < -0.4 is 0 Å². The van der Waals surface area contributed by atoms with Crippen molar-refractivity contribution in [2.75, 3.05) is 26.7 Å². The van der Waals surface area contributed by atoms with E-state index in [9.17, 15) is 5.11 Å². The molecule has 16 heavy (non-hydrogen) atoms. The minimum atomic E-state index is 0.0480. The number of aliphatic hydroxyl groups is 1. The lowest BCUT2D eigenvalue weighted by molar-refractivity contribution is 0.101. The van der Waals surface area contributed by atoms with Gasteiger partial charge in [-0.3, -0.25) is 0 Å². The van der Waals surface area contributed by atoms with Crippen molar-refractivity contribution >= 4 is 0 Å². The Morgan fingerprint density at radius 1 is 1.25 bits per heavy atom. The highest BCUT2D eigenvalue weighted by Crippen LogP contribution is 2.48. The van der Waals surface area contributed by atoms with Gasteiger partial charge in [0.15, 0.2) is 0 Å². The summed E-state index contributed by atoms with van der Waals surface area (Å²) in [6, 6.07) is 0.